The van der Waals surface area contributed by atoms with Crippen molar-refractivity contribution < 1.29 is 28.8 Å². The highest BCUT2D eigenvalue weighted by Gasteiger charge is 2.28. The molecule has 0 aliphatic carbocycles. The van der Waals surface area contributed by atoms with E-state index in [-0.39, 0.29) is 34.5 Å². The number of nitro groups is 1. The van der Waals surface area contributed by atoms with Crippen LogP contribution in [-0.2, 0) is 20.8 Å². The van der Waals surface area contributed by atoms with Crippen LogP contribution in [0, 0.1) is 24.0 Å². The normalized spacial score (nSPS) is 10.5. The second-order valence-electron chi connectivity index (χ2n) is 5.81. The summed E-state index contributed by atoms with van der Waals surface area (Å²) in [5.41, 5.74) is 0.746. The average Bonchev–Trinajstić information content (AvgIpc) is 3.15. The number of nitrogens with one attached hydrogen (secondary N) is 1. The SMILES string of the molecule is CCOC(=O)c1sc(NC(=O)Cn2nc(C)cc2[N+](=O)[O-])c(C(=O)OCC)c1C. The molecule has 0 radical (unpaired) electrons. The third kappa shape index (κ3) is 4.96. The topological polar surface area (TPSA) is 143 Å². The predicted octanol–water partition coefficient (Wildman–Crippen LogP) is 2.46. The molecule has 11 nitrogen and oxygen atoms in total. The van der Waals surface area contributed by atoms with Gasteiger partial charge in [-0.25, -0.2) is 9.59 Å². The van der Waals surface area contributed by atoms with Gasteiger partial charge in [0, 0.05) is 0 Å². The molecule has 29 heavy (non-hydrogen) atoms. The molecule has 156 valence electrons. The first-order valence-corrected chi connectivity index (χ1v) is 9.47. The number of carbonyl (C=O) groups excluding carboxylic acids is 3. The Balaban J connectivity index is 2.34. The van der Waals surface area contributed by atoms with Crippen molar-refractivity contribution in [3.8, 4) is 0 Å². The summed E-state index contributed by atoms with van der Waals surface area (Å²) >= 11 is 0.872. The maximum atomic E-state index is 12.5. The maximum absolute atomic E-state index is 12.5. The van der Waals surface area contributed by atoms with Crippen LogP contribution in [-0.4, -0.2) is 45.8 Å². The number of ether oxygens (including phenoxy) is 2. The molecular formula is C17H20N4O7S. The van der Waals surface area contributed by atoms with E-state index >= 15 is 0 Å². The Kier molecular flexibility index (Phi) is 7.04. The van der Waals surface area contributed by atoms with Gasteiger partial charge in [0.2, 0.25) is 0 Å². The van der Waals surface area contributed by atoms with Crippen LogP contribution in [0.15, 0.2) is 6.07 Å². The van der Waals surface area contributed by atoms with Crippen molar-refractivity contribution in [1.29, 1.82) is 0 Å². The lowest BCUT2D eigenvalue weighted by molar-refractivity contribution is -0.392. The van der Waals surface area contributed by atoms with E-state index in [1.54, 1.807) is 27.7 Å². The largest absolute Gasteiger partial charge is 0.462 e. The number of hydrogen-bond donors (Lipinski definition) is 1. The van der Waals surface area contributed by atoms with Crippen molar-refractivity contribution in [2.45, 2.75) is 34.2 Å². The van der Waals surface area contributed by atoms with Crippen LogP contribution in [0.1, 0.15) is 45.1 Å². The molecule has 0 aromatic carbocycles. The Labute approximate surface area is 169 Å². The van der Waals surface area contributed by atoms with Gasteiger partial charge in [-0.3, -0.25) is 4.79 Å². The van der Waals surface area contributed by atoms with Crippen molar-refractivity contribution >= 4 is 40.0 Å². The van der Waals surface area contributed by atoms with Crippen LogP contribution in [0.5, 0.6) is 0 Å². The molecule has 0 bridgehead atoms. The van der Waals surface area contributed by atoms with Crippen LogP contribution >= 0.6 is 11.3 Å². The lowest BCUT2D eigenvalue weighted by Gasteiger charge is -2.06. The fourth-order valence-corrected chi connectivity index (χ4v) is 3.64. The second kappa shape index (κ2) is 9.28. The van der Waals surface area contributed by atoms with Gasteiger partial charge >= 0.3 is 17.8 Å². The summed E-state index contributed by atoms with van der Waals surface area (Å²) in [6, 6.07) is 1.24. The lowest BCUT2D eigenvalue weighted by Crippen LogP contribution is -2.21. The van der Waals surface area contributed by atoms with Gasteiger partial charge in [-0.15, -0.1) is 16.0 Å². The highest BCUT2D eigenvalue weighted by Crippen LogP contribution is 2.34. The number of rotatable bonds is 8. The van der Waals surface area contributed by atoms with E-state index in [1.807, 2.05) is 0 Å². The molecule has 0 saturated heterocycles. The minimum Gasteiger partial charge on any atom is -0.462 e. The fourth-order valence-electron chi connectivity index (χ4n) is 2.54. The molecule has 2 heterocycles. The van der Waals surface area contributed by atoms with Crippen LogP contribution < -0.4 is 5.32 Å². The zero-order valence-electron chi connectivity index (χ0n) is 16.3. The molecule has 1 N–H and O–H groups in total. The highest BCUT2D eigenvalue weighted by molar-refractivity contribution is 7.18. The van der Waals surface area contributed by atoms with Crippen LogP contribution in [0.4, 0.5) is 10.8 Å². The number of esters is 2. The highest BCUT2D eigenvalue weighted by atomic mass is 32.1. The van der Waals surface area contributed by atoms with E-state index in [1.165, 1.54) is 6.07 Å². The Morgan fingerprint density at radius 3 is 2.41 bits per heavy atom. The molecule has 0 atom stereocenters. The van der Waals surface area contributed by atoms with Crippen LogP contribution in [0.3, 0.4) is 0 Å². The Hall–Kier alpha value is -3.28. The second-order valence-corrected chi connectivity index (χ2v) is 6.83. The van der Waals surface area contributed by atoms with Crippen molar-refractivity contribution in [2.24, 2.45) is 0 Å². The van der Waals surface area contributed by atoms with Gasteiger partial charge in [0.25, 0.3) is 5.91 Å². The summed E-state index contributed by atoms with van der Waals surface area (Å²) < 4.78 is 10.9. The third-order valence-electron chi connectivity index (χ3n) is 3.70. The van der Waals surface area contributed by atoms with E-state index in [2.05, 4.69) is 10.4 Å². The molecule has 0 aliphatic heterocycles. The van der Waals surface area contributed by atoms with Gasteiger partial charge in [-0.2, -0.15) is 0 Å². The number of anilines is 1. The van der Waals surface area contributed by atoms with Crippen molar-refractivity contribution in [3.05, 3.63) is 37.9 Å². The molecule has 0 aliphatic rings. The summed E-state index contributed by atoms with van der Waals surface area (Å²) in [4.78, 5) is 47.5. The smallest absolute Gasteiger partial charge is 0.348 e. The quantitative estimate of drug-likeness (QED) is 0.387. The van der Waals surface area contributed by atoms with E-state index in [0.717, 1.165) is 16.0 Å². The monoisotopic (exact) mass is 424 g/mol. The third-order valence-corrected chi connectivity index (χ3v) is 4.89. The fraction of sp³-hybridized carbons (Fsp3) is 0.412. The Morgan fingerprint density at radius 2 is 1.83 bits per heavy atom. The van der Waals surface area contributed by atoms with Crippen molar-refractivity contribution in [1.82, 2.24) is 9.78 Å². The van der Waals surface area contributed by atoms with Gasteiger partial charge in [-0.1, -0.05) is 5.10 Å². The van der Waals surface area contributed by atoms with Gasteiger partial charge < -0.3 is 24.9 Å². The van der Waals surface area contributed by atoms with Crippen LogP contribution in [0.2, 0.25) is 0 Å². The van der Waals surface area contributed by atoms with Gasteiger partial charge in [0.1, 0.15) is 9.88 Å². The van der Waals surface area contributed by atoms with Gasteiger partial charge in [-0.05, 0) is 38.2 Å². The predicted molar refractivity (Wildman–Crippen MR) is 103 cm³/mol. The number of aromatic nitrogens is 2. The Bertz CT molecular complexity index is 963. The minimum absolute atomic E-state index is 0.0411. The summed E-state index contributed by atoms with van der Waals surface area (Å²) in [6.07, 6.45) is 0. The van der Waals surface area contributed by atoms with Crippen molar-refractivity contribution in [2.75, 3.05) is 18.5 Å². The molecule has 0 fully saturated rings. The zero-order valence-corrected chi connectivity index (χ0v) is 17.1. The molecule has 2 rings (SSSR count). The number of nitrogens with zero attached hydrogens (tertiary/aromatic N) is 3. The maximum Gasteiger partial charge on any atom is 0.348 e. The molecular weight excluding hydrogens is 404 g/mol. The molecule has 1 amide bonds. The molecule has 0 unspecified atom stereocenters. The standard InChI is InChI=1S/C17H20N4O7S/c1-5-27-16(23)13-10(4)14(17(24)28-6-2)29-15(13)18-11(22)8-20-12(21(25)26)7-9(3)19-20/h7H,5-6,8H2,1-4H3,(H,18,22). The summed E-state index contributed by atoms with van der Waals surface area (Å²) in [6.45, 7) is 6.20. The van der Waals surface area contributed by atoms with Crippen molar-refractivity contribution in [3.63, 3.8) is 0 Å². The van der Waals surface area contributed by atoms with Crippen LogP contribution in [0.25, 0.3) is 0 Å². The van der Waals surface area contributed by atoms with Gasteiger partial charge in [0.15, 0.2) is 6.54 Å². The van der Waals surface area contributed by atoms with E-state index in [9.17, 15) is 24.5 Å². The summed E-state index contributed by atoms with van der Waals surface area (Å²) in [7, 11) is 0. The number of aryl methyl sites for hydroxylation is 1. The summed E-state index contributed by atoms with van der Waals surface area (Å²) in [5.74, 6) is -2.32. The van der Waals surface area contributed by atoms with E-state index < -0.39 is 29.3 Å². The lowest BCUT2D eigenvalue weighted by atomic mass is 10.1. The first-order valence-electron chi connectivity index (χ1n) is 8.65. The zero-order chi connectivity index (χ0) is 21.7. The minimum atomic E-state index is -0.701. The van der Waals surface area contributed by atoms with Gasteiger partial charge in [0.05, 0.1) is 30.5 Å². The number of hydrogen-bond acceptors (Lipinski definition) is 9. The first kappa shape index (κ1) is 22.0. The molecule has 12 heteroatoms. The average molecular weight is 424 g/mol. The molecule has 2 aromatic rings. The molecule has 2 aromatic heterocycles. The Morgan fingerprint density at radius 1 is 1.21 bits per heavy atom. The summed E-state index contributed by atoms with van der Waals surface area (Å²) in [5, 5.41) is 17.6. The number of amides is 1. The van der Waals surface area contributed by atoms with E-state index in [0.29, 0.717) is 11.3 Å². The van der Waals surface area contributed by atoms with E-state index in [4.69, 9.17) is 9.47 Å². The molecule has 0 spiro atoms. The molecule has 0 saturated carbocycles. The number of carbonyl (C=O) groups is 3. The first-order chi connectivity index (χ1) is 13.7. The number of thiophene rings is 1.